The number of fused-ring (bicyclic) bond motifs is 1. The highest BCUT2D eigenvalue weighted by molar-refractivity contribution is 6.18. The highest BCUT2D eigenvalue weighted by Gasteiger charge is 2.41. The molecule has 0 aromatic heterocycles. The lowest BCUT2D eigenvalue weighted by Gasteiger charge is -2.37. The van der Waals surface area contributed by atoms with Crippen molar-refractivity contribution in [2.45, 2.75) is 45.3 Å². The molecule has 2 saturated heterocycles. The number of hydrogen-bond acceptors (Lipinski definition) is 3. The first-order valence-corrected chi connectivity index (χ1v) is 7.72. The zero-order valence-electron chi connectivity index (χ0n) is 12.2. The summed E-state index contributed by atoms with van der Waals surface area (Å²) < 4.78 is 5.52. The monoisotopic (exact) mass is 288 g/mol. The normalized spacial score (nSPS) is 28.3. The molecule has 0 bridgehead atoms. The van der Waals surface area contributed by atoms with E-state index in [2.05, 4.69) is 4.90 Å². The van der Waals surface area contributed by atoms with Crippen LogP contribution in [-0.2, 0) is 4.74 Å². The average Bonchev–Trinajstić information content (AvgIpc) is 2.68. The third-order valence-corrected chi connectivity index (χ3v) is 4.05. The average molecular weight is 289 g/mol. The van der Waals surface area contributed by atoms with E-state index in [0.717, 1.165) is 32.6 Å². The Morgan fingerprint density at radius 1 is 1.37 bits per heavy atom. The smallest absolute Gasteiger partial charge is 0.410 e. The predicted molar refractivity (Wildman–Crippen MR) is 76.6 cm³/mol. The number of hydrogen-bond donors (Lipinski definition) is 0. The van der Waals surface area contributed by atoms with Gasteiger partial charge in [0.15, 0.2) is 0 Å². The number of halogens is 1. The largest absolute Gasteiger partial charge is 0.444 e. The lowest BCUT2D eigenvalue weighted by Crippen LogP contribution is -2.50. The molecule has 2 atom stereocenters. The van der Waals surface area contributed by atoms with Gasteiger partial charge < -0.3 is 9.64 Å². The number of piperidine rings is 1. The number of likely N-dealkylation sites (tertiary alicyclic amines) is 2. The van der Waals surface area contributed by atoms with Crippen molar-refractivity contribution in [3.05, 3.63) is 0 Å². The summed E-state index contributed by atoms with van der Waals surface area (Å²) >= 11 is 5.82. The zero-order valence-corrected chi connectivity index (χ0v) is 12.9. The molecule has 0 aliphatic carbocycles. The van der Waals surface area contributed by atoms with Crippen LogP contribution in [-0.4, -0.2) is 59.6 Å². The summed E-state index contributed by atoms with van der Waals surface area (Å²) in [6, 6.07) is 0.312. The molecule has 0 radical (unpaired) electrons. The maximum Gasteiger partial charge on any atom is 0.410 e. The molecular formula is C14H25ClN2O2. The summed E-state index contributed by atoms with van der Waals surface area (Å²) in [4.78, 5) is 16.6. The number of carbonyl (C=O) groups excluding carboxylic acids is 1. The Morgan fingerprint density at radius 3 is 2.74 bits per heavy atom. The van der Waals surface area contributed by atoms with Gasteiger partial charge in [0.2, 0.25) is 0 Å². The maximum atomic E-state index is 12.3. The second kappa shape index (κ2) is 5.88. The first-order chi connectivity index (χ1) is 8.90. The van der Waals surface area contributed by atoms with Gasteiger partial charge in [-0.25, -0.2) is 4.79 Å². The Bertz CT molecular complexity index is 330. The Labute approximate surface area is 121 Å². The van der Waals surface area contributed by atoms with E-state index in [4.69, 9.17) is 16.3 Å². The minimum absolute atomic E-state index is 0.157. The fourth-order valence-electron chi connectivity index (χ4n) is 3.12. The lowest BCUT2D eigenvalue weighted by atomic mass is 9.92. The van der Waals surface area contributed by atoms with E-state index < -0.39 is 5.60 Å². The van der Waals surface area contributed by atoms with E-state index in [-0.39, 0.29) is 6.09 Å². The second-order valence-electron chi connectivity index (χ2n) is 6.59. The van der Waals surface area contributed by atoms with Gasteiger partial charge in [-0.1, -0.05) is 0 Å². The zero-order chi connectivity index (χ0) is 14.0. The molecule has 2 fully saturated rings. The van der Waals surface area contributed by atoms with Crippen molar-refractivity contribution in [1.29, 1.82) is 0 Å². The molecule has 0 N–H and O–H groups in total. The molecule has 110 valence electrons. The van der Waals surface area contributed by atoms with Gasteiger partial charge in [0.05, 0.1) is 6.04 Å². The van der Waals surface area contributed by atoms with E-state index in [1.807, 2.05) is 25.7 Å². The van der Waals surface area contributed by atoms with Gasteiger partial charge in [0.1, 0.15) is 5.60 Å². The van der Waals surface area contributed by atoms with Crippen molar-refractivity contribution in [2.24, 2.45) is 5.92 Å². The Hall–Kier alpha value is -0.480. The van der Waals surface area contributed by atoms with Gasteiger partial charge in [-0.15, -0.1) is 11.6 Å². The Morgan fingerprint density at radius 2 is 2.11 bits per heavy atom. The van der Waals surface area contributed by atoms with Crippen LogP contribution >= 0.6 is 11.6 Å². The number of amides is 1. The fourth-order valence-corrected chi connectivity index (χ4v) is 3.36. The minimum atomic E-state index is -0.418. The standard InChI is InChI=1S/C14H25ClN2O2/c1-14(2,3)19-13(18)17-7-4-5-11-9-16(8-6-15)10-12(11)17/h11-12H,4-10H2,1-3H3. The number of ether oxygens (including phenoxy) is 1. The first kappa shape index (κ1) is 14.9. The molecule has 2 heterocycles. The molecule has 19 heavy (non-hydrogen) atoms. The van der Waals surface area contributed by atoms with Gasteiger partial charge in [-0.2, -0.15) is 0 Å². The van der Waals surface area contributed by atoms with E-state index in [1.165, 1.54) is 6.42 Å². The quantitative estimate of drug-likeness (QED) is 0.732. The lowest BCUT2D eigenvalue weighted by molar-refractivity contribution is 0.00625. The van der Waals surface area contributed by atoms with Crippen LogP contribution in [0, 0.1) is 5.92 Å². The van der Waals surface area contributed by atoms with E-state index in [0.29, 0.717) is 17.8 Å². The highest BCUT2D eigenvalue weighted by atomic mass is 35.5. The number of nitrogens with zero attached hydrogens (tertiary/aromatic N) is 2. The van der Waals surface area contributed by atoms with E-state index in [9.17, 15) is 4.79 Å². The van der Waals surface area contributed by atoms with E-state index >= 15 is 0 Å². The van der Waals surface area contributed by atoms with Gasteiger partial charge in [-0.05, 0) is 39.5 Å². The van der Waals surface area contributed by atoms with Crippen LogP contribution in [0.3, 0.4) is 0 Å². The van der Waals surface area contributed by atoms with Crippen LogP contribution in [0.15, 0.2) is 0 Å². The topological polar surface area (TPSA) is 32.8 Å². The van der Waals surface area contributed by atoms with Crippen LogP contribution in [0.4, 0.5) is 4.79 Å². The molecule has 2 aliphatic heterocycles. The molecule has 2 aliphatic rings. The molecular weight excluding hydrogens is 264 g/mol. The van der Waals surface area contributed by atoms with Gasteiger partial charge in [-0.3, -0.25) is 4.90 Å². The van der Waals surface area contributed by atoms with Crippen LogP contribution < -0.4 is 0 Å². The molecule has 1 amide bonds. The van der Waals surface area contributed by atoms with Crippen molar-refractivity contribution in [3.8, 4) is 0 Å². The summed E-state index contributed by atoms with van der Waals surface area (Å²) in [5, 5.41) is 0. The summed E-state index contributed by atoms with van der Waals surface area (Å²) in [5.74, 6) is 1.25. The maximum absolute atomic E-state index is 12.3. The van der Waals surface area contributed by atoms with Crippen molar-refractivity contribution in [1.82, 2.24) is 9.80 Å². The van der Waals surface area contributed by atoms with Crippen LogP contribution in [0.5, 0.6) is 0 Å². The van der Waals surface area contributed by atoms with Crippen LogP contribution in [0.1, 0.15) is 33.6 Å². The third-order valence-electron chi connectivity index (χ3n) is 3.89. The van der Waals surface area contributed by atoms with Crippen molar-refractivity contribution in [3.63, 3.8) is 0 Å². The molecule has 2 rings (SSSR count). The van der Waals surface area contributed by atoms with Crippen LogP contribution in [0.2, 0.25) is 0 Å². The van der Waals surface area contributed by atoms with Gasteiger partial charge >= 0.3 is 6.09 Å². The molecule has 0 saturated carbocycles. The Balaban J connectivity index is 1.99. The highest BCUT2D eigenvalue weighted by Crippen LogP contribution is 2.31. The van der Waals surface area contributed by atoms with Crippen molar-refractivity contribution >= 4 is 17.7 Å². The summed E-state index contributed by atoms with van der Waals surface area (Å²) in [5.41, 5.74) is -0.418. The fraction of sp³-hybridized carbons (Fsp3) is 0.929. The first-order valence-electron chi connectivity index (χ1n) is 7.18. The molecule has 0 aromatic rings. The summed E-state index contributed by atoms with van der Waals surface area (Å²) in [6.07, 6.45) is 2.13. The number of carbonyl (C=O) groups is 1. The number of alkyl halides is 1. The van der Waals surface area contributed by atoms with Gasteiger partial charge in [0, 0.05) is 32.1 Å². The molecule has 0 aromatic carbocycles. The summed E-state index contributed by atoms with van der Waals surface area (Å²) in [7, 11) is 0. The predicted octanol–water partition coefficient (Wildman–Crippen LogP) is 2.56. The molecule has 0 spiro atoms. The molecule has 5 heteroatoms. The molecule has 4 nitrogen and oxygen atoms in total. The SMILES string of the molecule is CC(C)(C)OC(=O)N1CCCC2CN(CCCl)CC21. The Kier molecular flexibility index (Phi) is 4.62. The van der Waals surface area contributed by atoms with Gasteiger partial charge in [0.25, 0.3) is 0 Å². The van der Waals surface area contributed by atoms with Crippen molar-refractivity contribution < 1.29 is 9.53 Å². The van der Waals surface area contributed by atoms with Crippen molar-refractivity contribution in [2.75, 3.05) is 32.1 Å². The summed E-state index contributed by atoms with van der Waals surface area (Å²) in [6.45, 7) is 9.50. The minimum Gasteiger partial charge on any atom is -0.444 e. The number of rotatable bonds is 2. The molecule has 2 unspecified atom stereocenters. The van der Waals surface area contributed by atoms with E-state index in [1.54, 1.807) is 0 Å². The second-order valence-corrected chi connectivity index (χ2v) is 6.97. The van der Waals surface area contributed by atoms with Crippen LogP contribution in [0.25, 0.3) is 0 Å². The third kappa shape index (κ3) is 3.76.